The van der Waals surface area contributed by atoms with E-state index in [2.05, 4.69) is 22.6 Å². The highest BCUT2D eigenvalue weighted by Crippen LogP contribution is 2.16. The average molecular weight is 351 g/mol. The lowest BCUT2D eigenvalue weighted by Gasteiger charge is -2.18. The van der Waals surface area contributed by atoms with Crippen LogP contribution in [0.2, 0.25) is 0 Å². The maximum absolute atomic E-state index is 12.2. The van der Waals surface area contributed by atoms with Crippen LogP contribution in [0.5, 0.6) is 0 Å². The summed E-state index contributed by atoms with van der Waals surface area (Å²) < 4.78 is 2.17. The van der Waals surface area contributed by atoms with Crippen molar-refractivity contribution in [1.82, 2.24) is 19.6 Å². The van der Waals surface area contributed by atoms with Crippen LogP contribution in [0, 0.1) is 0 Å². The molecule has 0 N–H and O–H groups in total. The van der Waals surface area contributed by atoms with Crippen molar-refractivity contribution in [2.24, 2.45) is 0 Å². The van der Waals surface area contributed by atoms with Gasteiger partial charge in [0.2, 0.25) is 5.91 Å². The Labute approximate surface area is 149 Å². The van der Waals surface area contributed by atoms with Crippen molar-refractivity contribution >= 4 is 17.7 Å². The molecule has 1 aromatic rings. The van der Waals surface area contributed by atoms with Crippen molar-refractivity contribution in [1.29, 1.82) is 0 Å². The molecule has 0 saturated carbocycles. The van der Waals surface area contributed by atoms with E-state index in [4.69, 9.17) is 5.10 Å². The number of nitrogens with zero attached hydrogens (tertiary/aromatic N) is 4. The first-order chi connectivity index (χ1) is 11.8. The molecule has 6 heteroatoms. The van der Waals surface area contributed by atoms with Gasteiger partial charge in [-0.3, -0.25) is 14.4 Å². The molecule has 0 atom stereocenters. The number of rotatable bonds is 7. The van der Waals surface area contributed by atoms with Gasteiger partial charge in [-0.1, -0.05) is 6.92 Å². The van der Waals surface area contributed by atoms with Crippen LogP contribution in [0.15, 0.2) is 6.07 Å². The van der Waals surface area contributed by atoms with Crippen molar-refractivity contribution in [3.8, 4) is 0 Å². The summed E-state index contributed by atoms with van der Waals surface area (Å²) in [6.07, 6.45) is 4.87. The van der Waals surface area contributed by atoms with Gasteiger partial charge in [0.15, 0.2) is 0 Å². The van der Waals surface area contributed by atoms with Crippen LogP contribution < -0.4 is 0 Å². The van der Waals surface area contributed by atoms with Gasteiger partial charge in [0.25, 0.3) is 0 Å². The third-order valence-electron chi connectivity index (χ3n) is 4.95. The fourth-order valence-corrected chi connectivity index (χ4v) is 4.27. The van der Waals surface area contributed by atoms with Gasteiger partial charge in [-0.25, -0.2) is 0 Å². The fraction of sp³-hybridized carbons (Fsp3) is 0.778. The molecular weight excluding hydrogens is 320 g/mol. The van der Waals surface area contributed by atoms with E-state index in [1.165, 1.54) is 17.2 Å². The summed E-state index contributed by atoms with van der Waals surface area (Å²) >= 11 is 2.01. The smallest absolute Gasteiger partial charge is 0.222 e. The van der Waals surface area contributed by atoms with Gasteiger partial charge in [0.05, 0.1) is 11.4 Å². The van der Waals surface area contributed by atoms with Gasteiger partial charge in [0, 0.05) is 57.9 Å². The number of likely N-dealkylation sites (tertiary alicyclic amines) is 1. The molecule has 3 heterocycles. The molecule has 1 amide bonds. The van der Waals surface area contributed by atoms with Gasteiger partial charge >= 0.3 is 0 Å². The molecule has 2 aliphatic heterocycles. The topological polar surface area (TPSA) is 41.4 Å². The van der Waals surface area contributed by atoms with Crippen LogP contribution in [0.4, 0.5) is 0 Å². The molecule has 1 fully saturated rings. The molecule has 0 bridgehead atoms. The van der Waals surface area contributed by atoms with Crippen molar-refractivity contribution in [3.05, 3.63) is 17.5 Å². The number of hydrogen-bond donors (Lipinski definition) is 0. The van der Waals surface area contributed by atoms with E-state index >= 15 is 0 Å². The van der Waals surface area contributed by atoms with Crippen LogP contribution in [-0.4, -0.2) is 63.2 Å². The van der Waals surface area contributed by atoms with Gasteiger partial charge in [-0.15, -0.1) is 0 Å². The largest absolute Gasteiger partial charge is 0.343 e. The molecule has 0 unspecified atom stereocenters. The summed E-state index contributed by atoms with van der Waals surface area (Å²) in [6, 6.07) is 2.22. The predicted molar refractivity (Wildman–Crippen MR) is 99.3 cm³/mol. The zero-order valence-corrected chi connectivity index (χ0v) is 15.7. The average Bonchev–Trinajstić information content (AvgIpc) is 3.20. The molecule has 2 aliphatic rings. The maximum atomic E-state index is 12.2. The molecule has 3 rings (SSSR count). The van der Waals surface area contributed by atoms with E-state index in [-0.39, 0.29) is 0 Å². The summed E-state index contributed by atoms with van der Waals surface area (Å²) in [5.41, 5.74) is 2.40. The van der Waals surface area contributed by atoms with Crippen LogP contribution in [0.25, 0.3) is 0 Å². The molecular formula is C18H30N4OS. The quantitative estimate of drug-likeness (QED) is 0.708. The minimum atomic E-state index is 0.300. The van der Waals surface area contributed by atoms with E-state index < -0.39 is 0 Å². The number of aryl methyl sites for hydroxylation is 2. The second kappa shape index (κ2) is 8.90. The molecule has 5 nitrogen and oxygen atoms in total. The summed E-state index contributed by atoms with van der Waals surface area (Å²) in [4.78, 5) is 16.7. The Morgan fingerprint density at radius 1 is 1.21 bits per heavy atom. The Morgan fingerprint density at radius 2 is 2.04 bits per heavy atom. The molecule has 1 saturated heterocycles. The van der Waals surface area contributed by atoms with Crippen molar-refractivity contribution < 1.29 is 4.79 Å². The Morgan fingerprint density at radius 3 is 2.83 bits per heavy atom. The summed E-state index contributed by atoms with van der Waals surface area (Å²) in [6.45, 7) is 8.44. The van der Waals surface area contributed by atoms with Gasteiger partial charge in [-0.05, 0) is 31.1 Å². The maximum Gasteiger partial charge on any atom is 0.222 e. The fourth-order valence-electron chi connectivity index (χ4n) is 3.60. The Kier molecular flexibility index (Phi) is 6.60. The number of fused-ring (bicyclic) bond motifs is 1. The van der Waals surface area contributed by atoms with E-state index in [0.717, 1.165) is 70.6 Å². The molecule has 24 heavy (non-hydrogen) atoms. The van der Waals surface area contributed by atoms with E-state index in [0.29, 0.717) is 12.3 Å². The monoisotopic (exact) mass is 350 g/mol. The molecule has 0 aromatic carbocycles. The number of carbonyl (C=O) groups is 1. The Balaban J connectivity index is 1.52. The predicted octanol–water partition coefficient (Wildman–Crippen LogP) is 2.40. The van der Waals surface area contributed by atoms with Crippen LogP contribution in [0.1, 0.15) is 44.0 Å². The lowest BCUT2D eigenvalue weighted by atomic mass is 10.2. The molecule has 1 aromatic heterocycles. The Bertz CT molecular complexity index is 539. The SMILES string of the molecule is CCSCCN1CCCn2nc(CCC(=O)N3CCCC3)cc2C1. The number of carbonyl (C=O) groups excluding carboxylic acids is 1. The number of hydrogen-bond acceptors (Lipinski definition) is 4. The van der Waals surface area contributed by atoms with Crippen molar-refractivity contribution in [2.45, 2.75) is 52.1 Å². The second-order valence-electron chi connectivity index (χ2n) is 6.76. The standard InChI is InChI=1S/C18H30N4OS/c1-2-24-13-12-20-8-5-11-22-17(15-20)14-16(19-22)6-7-18(23)21-9-3-4-10-21/h14H,2-13,15H2,1H3. The normalized spacial score (nSPS) is 18.6. The van der Waals surface area contributed by atoms with Crippen molar-refractivity contribution in [3.63, 3.8) is 0 Å². The zero-order valence-electron chi connectivity index (χ0n) is 14.9. The third-order valence-corrected chi connectivity index (χ3v) is 5.83. The van der Waals surface area contributed by atoms with Crippen molar-refractivity contribution in [2.75, 3.05) is 37.7 Å². The van der Waals surface area contributed by atoms with Crippen LogP contribution in [0.3, 0.4) is 0 Å². The van der Waals surface area contributed by atoms with E-state index in [1.807, 2.05) is 16.7 Å². The van der Waals surface area contributed by atoms with E-state index in [1.54, 1.807) is 0 Å². The molecule has 0 radical (unpaired) electrons. The first-order valence-electron chi connectivity index (χ1n) is 9.39. The minimum Gasteiger partial charge on any atom is -0.343 e. The van der Waals surface area contributed by atoms with E-state index in [9.17, 15) is 4.79 Å². The highest BCUT2D eigenvalue weighted by Gasteiger charge is 2.19. The van der Waals surface area contributed by atoms with Gasteiger partial charge in [0.1, 0.15) is 0 Å². The third kappa shape index (κ3) is 4.76. The summed E-state index contributed by atoms with van der Waals surface area (Å²) in [7, 11) is 0. The second-order valence-corrected chi connectivity index (χ2v) is 8.16. The highest BCUT2D eigenvalue weighted by atomic mass is 32.2. The first kappa shape index (κ1) is 17.8. The zero-order chi connectivity index (χ0) is 16.8. The lowest BCUT2D eigenvalue weighted by Crippen LogP contribution is -2.27. The first-order valence-corrected chi connectivity index (χ1v) is 10.5. The summed E-state index contributed by atoms with van der Waals surface area (Å²) in [5, 5.41) is 4.75. The highest BCUT2D eigenvalue weighted by molar-refractivity contribution is 7.99. The number of aromatic nitrogens is 2. The van der Waals surface area contributed by atoms with Gasteiger partial charge in [-0.2, -0.15) is 16.9 Å². The number of thioether (sulfide) groups is 1. The molecule has 0 aliphatic carbocycles. The summed E-state index contributed by atoms with van der Waals surface area (Å²) in [5.74, 6) is 2.71. The lowest BCUT2D eigenvalue weighted by molar-refractivity contribution is -0.130. The van der Waals surface area contributed by atoms with Crippen LogP contribution >= 0.6 is 11.8 Å². The van der Waals surface area contributed by atoms with Gasteiger partial charge < -0.3 is 4.90 Å². The number of amides is 1. The molecule has 0 spiro atoms. The minimum absolute atomic E-state index is 0.300. The van der Waals surface area contributed by atoms with Crippen LogP contribution in [-0.2, 0) is 24.3 Å². The molecule has 134 valence electrons. The Hall–Kier alpha value is -1.01.